The van der Waals surface area contributed by atoms with E-state index in [0.717, 1.165) is 24.3 Å². The number of rotatable bonds is 7. The lowest BCUT2D eigenvalue weighted by Crippen LogP contribution is -2.34. The Hall–Kier alpha value is -0.470. The highest BCUT2D eigenvalue weighted by molar-refractivity contribution is 7.91. The van der Waals surface area contributed by atoms with Gasteiger partial charge in [-0.1, -0.05) is 0 Å². The van der Waals surface area contributed by atoms with Crippen LogP contribution in [-0.2, 0) is 16.6 Å². The van der Waals surface area contributed by atoms with Gasteiger partial charge in [0.15, 0.2) is 0 Å². The van der Waals surface area contributed by atoms with E-state index in [1.54, 1.807) is 6.07 Å². The van der Waals surface area contributed by atoms with Gasteiger partial charge in [-0.15, -0.1) is 11.3 Å². The Labute approximate surface area is 112 Å². The molecule has 0 spiro atoms. The number of hydrogen-bond donors (Lipinski definition) is 2. The highest BCUT2D eigenvalue weighted by Gasteiger charge is 2.19. The molecule has 1 atom stereocenters. The number of aliphatic hydroxyl groups excluding tert-OH is 1. The SMILES string of the molecule is CC(CCN(C)C)NS(=O)(=O)c1ccc(CO)s1. The third kappa shape index (κ3) is 4.66. The lowest BCUT2D eigenvalue weighted by molar-refractivity contribution is 0.285. The van der Waals surface area contributed by atoms with Crippen molar-refractivity contribution in [1.29, 1.82) is 0 Å². The largest absolute Gasteiger partial charge is 0.391 e. The number of aliphatic hydroxyl groups is 1. The van der Waals surface area contributed by atoms with Gasteiger partial charge in [0, 0.05) is 10.9 Å². The summed E-state index contributed by atoms with van der Waals surface area (Å²) in [5, 5.41) is 8.93. The lowest BCUT2D eigenvalue weighted by atomic mass is 10.2. The Balaban J connectivity index is 2.64. The molecule has 1 heterocycles. The highest BCUT2D eigenvalue weighted by Crippen LogP contribution is 2.21. The normalized spacial score (nSPS) is 14.1. The van der Waals surface area contributed by atoms with Crippen LogP contribution in [0.1, 0.15) is 18.2 Å². The maximum Gasteiger partial charge on any atom is 0.250 e. The van der Waals surface area contributed by atoms with E-state index in [2.05, 4.69) is 4.72 Å². The molecule has 0 saturated carbocycles. The van der Waals surface area contributed by atoms with E-state index in [0.29, 0.717) is 4.88 Å². The van der Waals surface area contributed by atoms with Crippen LogP contribution in [0.5, 0.6) is 0 Å². The summed E-state index contributed by atoms with van der Waals surface area (Å²) in [5.41, 5.74) is 0. The minimum Gasteiger partial charge on any atom is -0.391 e. The average molecular weight is 292 g/mol. The molecule has 0 aromatic carbocycles. The van der Waals surface area contributed by atoms with Gasteiger partial charge in [0.1, 0.15) is 4.21 Å². The molecule has 0 aliphatic carbocycles. The second-order valence-corrected chi connectivity index (χ2v) is 7.60. The molecule has 7 heteroatoms. The van der Waals surface area contributed by atoms with Crippen LogP contribution in [-0.4, -0.2) is 45.1 Å². The quantitative estimate of drug-likeness (QED) is 0.782. The second kappa shape index (κ2) is 6.63. The van der Waals surface area contributed by atoms with Crippen LogP contribution in [0, 0.1) is 0 Å². The van der Waals surface area contributed by atoms with Gasteiger partial charge in [-0.2, -0.15) is 0 Å². The Morgan fingerprint density at radius 3 is 2.61 bits per heavy atom. The van der Waals surface area contributed by atoms with E-state index in [4.69, 9.17) is 5.11 Å². The van der Waals surface area contributed by atoms with Crippen molar-refractivity contribution in [2.24, 2.45) is 0 Å². The summed E-state index contributed by atoms with van der Waals surface area (Å²) >= 11 is 1.10. The smallest absolute Gasteiger partial charge is 0.250 e. The maximum atomic E-state index is 12.0. The van der Waals surface area contributed by atoms with Crippen molar-refractivity contribution in [2.45, 2.75) is 30.2 Å². The molecule has 0 aliphatic heterocycles. The summed E-state index contributed by atoms with van der Waals surface area (Å²) in [4.78, 5) is 2.66. The first kappa shape index (κ1) is 15.6. The minimum atomic E-state index is -3.46. The van der Waals surface area contributed by atoms with Gasteiger partial charge in [-0.3, -0.25) is 0 Å². The van der Waals surface area contributed by atoms with Crippen molar-refractivity contribution < 1.29 is 13.5 Å². The summed E-state index contributed by atoms with van der Waals surface area (Å²) in [6.45, 7) is 2.55. The maximum absolute atomic E-state index is 12.0. The Morgan fingerprint density at radius 1 is 1.44 bits per heavy atom. The Morgan fingerprint density at radius 2 is 2.11 bits per heavy atom. The van der Waals surface area contributed by atoms with Crippen LogP contribution in [0.4, 0.5) is 0 Å². The van der Waals surface area contributed by atoms with Gasteiger partial charge in [0.2, 0.25) is 10.0 Å². The van der Waals surface area contributed by atoms with E-state index in [-0.39, 0.29) is 16.9 Å². The van der Waals surface area contributed by atoms with Crippen molar-refractivity contribution in [2.75, 3.05) is 20.6 Å². The molecule has 1 aromatic heterocycles. The molecule has 104 valence electrons. The first-order chi connectivity index (χ1) is 8.35. The van der Waals surface area contributed by atoms with Crippen LogP contribution in [0.25, 0.3) is 0 Å². The number of sulfonamides is 1. The standard InChI is InChI=1S/C11H20N2O3S2/c1-9(6-7-13(2)3)12-18(15,16)11-5-4-10(8-14)17-11/h4-5,9,12,14H,6-8H2,1-3H3. The summed E-state index contributed by atoms with van der Waals surface area (Å²) in [6.07, 6.45) is 0.754. The molecule has 0 bridgehead atoms. The summed E-state index contributed by atoms with van der Waals surface area (Å²) in [5.74, 6) is 0. The monoisotopic (exact) mass is 292 g/mol. The molecule has 0 radical (unpaired) electrons. The number of nitrogens with zero attached hydrogens (tertiary/aromatic N) is 1. The molecule has 0 amide bonds. The molecule has 1 aromatic rings. The predicted molar refractivity (Wildman–Crippen MR) is 73.2 cm³/mol. The van der Waals surface area contributed by atoms with Crippen molar-refractivity contribution in [3.8, 4) is 0 Å². The van der Waals surface area contributed by atoms with Crippen molar-refractivity contribution >= 4 is 21.4 Å². The van der Waals surface area contributed by atoms with Gasteiger partial charge in [-0.05, 0) is 46.1 Å². The molecule has 0 saturated heterocycles. The third-order valence-corrected chi connectivity index (χ3v) is 5.57. The van der Waals surface area contributed by atoms with Gasteiger partial charge < -0.3 is 10.0 Å². The van der Waals surface area contributed by atoms with Crippen molar-refractivity contribution in [1.82, 2.24) is 9.62 Å². The van der Waals surface area contributed by atoms with Gasteiger partial charge in [-0.25, -0.2) is 13.1 Å². The zero-order chi connectivity index (χ0) is 13.8. The van der Waals surface area contributed by atoms with E-state index in [1.165, 1.54) is 6.07 Å². The first-order valence-corrected chi connectivity index (χ1v) is 8.01. The topological polar surface area (TPSA) is 69.6 Å². The van der Waals surface area contributed by atoms with Crippen molar-refractivity contribution in [3.63, 3.8) is 0 Å². The van der Waals surface area contributed by atoms with E-state index in [9.17, 15) is 8.42 Å². The fourth-order valence-corrected chi connectivity index (χ4v) is 3.93. The van der Waals surface area contributed by atoms with Gasteiger partial charge in [0.25, 0.3) is 0 Å². The predicted octanol–water partition coefficient (Wildman–Crippen LogP) is 0.859. The summed E-state index contributed by atoms with van der Waals surface area (Å²) < 4.78 is 26.9. The third-order valence-electron chi connectivity index (χ3n) is 2.42. The fourth-order valence-electron chi connectivity index (χ4n) is 1.42. The second-order valence-electron chi connectivity index (χ2n) is 4.49. The van der Waals surface area contributed by atoms with E-state index >= 15 is 0 Å². The zero-order valence-corrected chi connectivity index (χ0v) is 12.5. The average Bonchev–Trinajstić information content (AvgIpc) is 2.75. The highest BCUT2D eigenvalue weighted by atomic mass is 32.2. The molecular weight excluding hydrogens is 272 g/mol. The molecule has 0 aliphatic rings. The van der Waals surface area contributed by atoms with E-state index < -0.39 is 10.0 Å². The fraction of sp³-hybridized carbons (Fsp3) is 0.636. The molecule has 5 nitrogen and oxygen atoms in total. The van der Waals surface area contributed by atoms with Crippen LogP contribution < -0.4 is 4.72 Å². The molecule has 0 fully saturated rings. The van der Waals surface area contributed by atoms with E-state index in [1.807, 2.05) is 25.9 Å². The van der Waals surface area contributed by atoms with Crippen molar-refractivity contribution in [3.05, 3.63) is 17.0 Å². The number of thiophene rings is 1. The lowest BCUT2D eigenvalue weighted by Gasteiger charge is -2.16. The number of nitrogens with one attached hydrogen (secondary N) is 1. The molecule has 2 N–H and O–H groups in total. The molecule has 18 heavy (non-hydrogen) atoms. The minimum absolute atomic E-state index is 0.114. The van der Waals surface area contributed by atoms with Gasteiger partial charge in [0.05, 0.1) is 6.61 Å². The molecule has 1 unspecified atom stereocenters. The molecule has 1 rings (SSSR count). The van der Waals surface area contributed by atoms with Crippen LogP contribution in [0.3, 0.4) is 0 Å². The summed E-state index contributed by atoms with van der Waals surface area (Å²) in [6, 6.07) is 3.04. The van der Waals surface area contributed by atoms with Gasteiger partial charge >= 0.3 is 0 Å². The number of hydrogen-bond acceptors (Lipinski definition) is 5. The Bertz CT molecular complexity index is 468. The zero-order valence-electron chi connectivity index (χ0n) is 10.9. The van der Waals surface area contributed by atoms with Crippen LogP contribution in [0.2, 0.25) is 0 Å². The summed E-state index contributed by atoms with van der Waals surface area (Å²) in [7, 11) is 0.447. The van der Waals surface area contributed by atoms with Crippen LogP contribution in [0.15, 0.2) is 16.3 Å². The molecular formula is C11H20N2O3S2. The Kier molecular flexibility index (Phi) is 5.74. The first-order valence-electron chi connectivity index (χ1n) is 5.72. The van der Waals surface area contributed by atoms with Crippen LogP contribution >= 0.6 is 11.3 Å².